The molecular weight excluding hydrogens is 290 g/mol. The van der Waals surface area contributed by atoms with Gasteiger partial charge in [0.15, 0.2) is 0 Å². The third-order valence-corrected chi connectivity index (χ3v) is 4.28. The van der Waals surface area contributed by atoms with E-state index in [1.54, 1.807) is 0 Å². The molecule has 0 saturated heterocycles. The van der Waals surface area contributed by atoms with Crippen LogP contribution in [0.5, 0.6) is 0 Å². The second-order valence-corrected chi connectivity index (χ2v) is 6.21. The Hall–Kier alpha value is -0.830. The molecule has 98 valence electrons. The third kappa shape index (κ3) is 3.14. The highest BCUT2D eigenvalue weighted by molar-refractivity contribution is 9.10. The van der Waals surface area contributed by atoms with Gasteiger partial charge in [-0.3, -0.25) is 4.79 Å². The van der Waals surface area contributed by atoms with Crippen molar-refractivity contribution in [2.24, 2.45) is 5.92 Å². The average molecular weight is 310 g/mol. The van der Waals surface area contributed by atoms with Crippen molar-refractivity contribution in [2.75, 3.05) is 13.6 Å². The summed E-state index contributed by atoms with van der Waals surface area (Å²) >= 11 is 3.43. The van der Waals surface area contributed by atoms with Gasteiger partial charge in [0.2, 0.25) is 0 Å². The van der Waals surface area contributed by atoms with Crippen molar-refractivity contribution in [1.82, 2.24) is 4.90 Å². The molecular formula is C15H20BrNO. The highest BCUT2D eigenvalue weighted by Gasteiger charge is 2.21. The fourth-order valence-electron chi connectivity index (χ4n) is 2.69. The van der Waals surface area contributed by atoms with Crippen LogP contribution < -0.4 is 0 Å². The van der Waals surface area contributed by atoms with Crippen LogP contribution in [0, 0.1) is 12.8 Å². The Morgan fingerprint density at radius 1 is 1.39 bits per heavy atom. The van der Waals surface area contributed by atoms with E-state index >= 15 is 0 Å². The Balaban J connectivity index is 2.07. The van der Waals surface area contributed by atoms with Crippen LogP contribution >= 0.6 is 15.9 Å². The first-order valence-electron chi connectivity index (χ1n) is 6.59. The van der Waals surface area contributed by atoms with Crippen LogP contribution in [-0.4, -0.2) is 24.4 Å². The van der Waals surface area contributed by atoms with Crippen LogP contribution in [0.1, 0.15) is 41.6 Å². The molecule has 0 radical (unpaired) electrons. The van der Waals surface area contributed by atoms with E-state index in [4.69, 9.17) is 0 Å². The van der Waals surface area contributed by atoms with Crippen molar-refractivity contribution in [1.29, 1.82) is 0 Å². The van der Waals surface area contributed by atoms with Gasteiger partial charge < -0.3 is 4.90 Å². The van der Waals surface area contributed by atoms with Crippen molar-refractivity contribution < 1.29 is 4.79 Å². The fraction of sp³-hybridized carbons (Fsp3) is 0.533. The minimum atomic E-state index is 0.140. The zero-order valence-corrected chi connectivity index (χ0v) is 12.7. The summed E-state index contributed by atoms with van der Waals surface area (Å²) in [5.74, 6) is 0.840. The van der Waals surface area contributed by atoms with Crippen LogP contribution in [0.15, 0.2) is 22.7 Å². The van der Waals surface area contributed by atoms with E-state index < -0.39 is 0 Å². The molecule has 0 spiro atoms. The molecule has 0 atom stereocenters. The normalized spacial score (nSPS) is 15.9. The molecule has 0 aromatic heterocycles. The molecule has 18 heavy (non-hydrogen) atoms. The number of nitrogens with zero attached hydrogens (tertiary/aromatic N) is 1. The summed E-state index contributed by atoms with van der Waals surface area (Å²) in [5, 5.41) is 0. The van der Waals surface area contributed by atoms with Gasteiger partial charge in [0.1, 0.15) is 0 Å². The molecule has 2 nitrogen and oxygen atoms in total. The molecule has 0 N–H and O–H groups in total. The first kappa shape index (κ1) is 13.6. The summed E-state index contributed by atoms with van der Waals surface area (Å²) in [6.45, 7) is 2.88. The summed E-state index contributed by atoms with van der Waals surface area (Å²) in [6, 6.07) is 5.88. The molecule has 2 rings (SSSR count). The number of carbonyl (C=O) groups is 1. The molecule has 0 unspecified atom stereocenters. The SMILES string of the molecule is Cc1ccc(Br)cc1C(=O)N(C)CC1CCCC1. The molecule has 1 amide bonds. The second-order valence-electron chi connectivity index (χ2n) is 5.30. The first-order valence-corrected chi connectivity index (χ1v) is 7.39. The number of rotatable bonds is 3. The van der Waals surface area contributed by atoms with Gasteiger partial charge in [-0.2, -0.15) is 0 Å². The molecule has 0 heterocycles. The number of benzene rings is 1. The summed E-state index contributed by atoms with van der Waals surface area (Å²) in [5.41, 5.74) is 1.85. The van der Waals surface area contributed by atoms with Gasteiger partial charge in [0, 0.05) is 23.6 Å². The van der Waals surface area contributed by atoms with Gasteiger partial charge in [-0.1, -0.05) is 34.8 Å². The minimum absolute atomic E-state index is 0.140. The molecule has 0 aliphatic heterocycles. The molecule has 1 saturated carbocycles. The van der Waals surface area contributed by atoms with Crippen molar-refractivity contribution in [2.45, 2.75) is 32.6 Å². The van der Waals surface area contributed by atoms with Crippen molar-refractivity contribution in [3.63, 3.8) is 0 Å². The molecule has 1 aliphatic rings. The number of carbonyl (C=O) groups excluding carboxylic acids is 1. The number of aryl methyl sites for hydroxylation is 1. The standard InChI is InChI=1S/C15H20BrNO/c1-11-7-8-13(16)9-14(11)15(18)17(2)10-12-5-3-4-6-12/h7-9,12H,3-6,10H2,1-2H3. The Bertz CT molecular complexity index is 438. The van der Waals surface area contributed by atoms with E-state index in [9.17, 15) is 4.79 Å². The van der Waals surface area contributed by atoms with Crippen molar-refractivity contribution in [3.05, 3.63) is 33.8 Å². The summed E-state index contributed by atoms with van der Waals surface area (Å²) in [6.07, 6.45) is 5.19. The Morgan fingerprint density at radius 3 is 2.72 bits per heavy atom. The lowest BCUT2D eigenvalue weighted by Gasteiger charge is -2.22. The van der Waals surface area contributed by atoms with Gasteiger partial charge in [-0.25, -0.2) is 0 Å². The zero-order chi connectivity index (χ0) is 13.1. The quantitative estimate of drug-likeness (QED) is 0.826. The predicted molar refractivity (Wildman–Crippen MR) is 77.8 cm³/mol. The van der Waals surface area contributed by atoms with E-state index in [0.717, 1.165) is 22.1 Å². The third-order valence-electron chi connectivity index (χ3n) is 3.78. The molecule has 1 aromatic carbocycles. The number of amides is 1. The largest absolute Gasteiger partial charge is 0.341 e. The Morgan fingerprint density at radius 2 is 2.06 bits per heavy atom. The molecule has 1 aliphatic carbocycles. The average Bonchev–Trinajstić information content (AvgIpc) is 2.84. The lowest BCUT2D eigenvalue weighted by molar-refractivity contribution is 0.0772. The maximum Gasteiger partial charge on any atom is 0.253 e. The van der Waals surface area contributed by atoms with Crippen LogP contribution in [-0.2, 0) is 0 Å². The van der Waals surface area contributed by atoms with E-state index in [-0.39, 0.29) is 5.91 Å². The van der Waals surface area contributed by atoms with E-state index in [0.29, 0.717) is 5.92 Å². The first-order chi connectivity index (χ1) is 8.58. The number of hydrogen-bond donors (Lipinski definition) is 0. The van der Waals surface area contributed by atoms with Gasteiger partial charge in [0.25, 0.3) is 5.91 Å². The van der Waals surface area contributed by atoms with Gasteiger partial charge in [0.05, 0.1) is 0 Å². The number of hydrogen-bond acceptors (Lipinski definition) is 1. The monoisotopic (exact) mass is 309 g/mol. The van der Waals surface area contributed by atoms with Gasteiger partial charge in [-0.15, -0.1) is 0 Å². The summed E-state index contributed by atoms with van der Waals surface area (Å²) in [7, 11) is 1.92. The smallest absolute Gasteiger partial charge is 0.253 e. The predicted octanol–water partition coefficient (Wildman–Crippen LogP) is 4.02. The lowest BCUT2D eigenvalue weighted by atomic mass is 10.1. The topological polar surface area (TPSA) is 20.3 Å². The maximum absolute atomic E-state index is 12.4. The highest BCUT2D eigenvalue weighted by Crippen LogP contribution is 2.26. The molecule has 3 heteroatoms. The molecule has 0 bridgehead atoms. The van der Waals surface area contributed by atoms with Crippen LogP contribution in [0.25, 0.3) is 0 Å². The van der Waals surface area contributed by atoms with Crippen molar-refractivity contribution >= 4 is 21.8 Å². The highest BCUT2D eigenvalue weighted by atomic mass is 79.9. The van der Waals surface area contributed by atoms with Crippen LogP contribution in [0.3, 0.4) is 0 Å². The lowest BCUT2D eigenvalue weighted by Crippen LogP contribution is -2.31. The minimum Gasteiger partial charge on any atom is -0.341 e. The number of halogens is 1. The summed E-state index contributed by atoms with van der Waals surface area (Å²) in [4.78, 5) is 14.3. The summed E-state index contributed by atoms with van der Waals surface area (Å²) < 4.78 is 0.964. The van der Waals surface area contributed by atoms with Gasteiger partial charge >= 0.3 is 0 Å². The van der Waals surface area contributed by atoms with E-state index in [1.807, 2.05) is 37.1 Å². The maximum atomic E-state index is 12.4. The molecule has 1 aromatic rings. The van der Waals surface area contributed by atoms with Crippen LogP contribution in [0.2, 0.25) is 0 Å². The van der Waals surface area contributed by atoms with Crippen molar-refractivity contribution in [3.8, 4) is 0 Å². The molecule has 1 fully saturated rings. The Kier molecular flexibility index (Phi) is 4.44. The zero-order valence-electron chi connectivity index (χ0n) is 11.1. The van der Waals surface area contributed by atoms with E-state index in [1.165, 1.54) is 25.7 Å². The van der Waals surface area contributed by atoms with Gasteiger partial charge in [-0.05, 0) is 43.4 Å². The fourth-order valence-corrected chi connectivity index (χ4v) is 3.05. The second kappa shape index (κ2) is 5.87. The Labute approximate surface area is 117 Å². The van der Waals surface area contributed by atoms with E-state index in [2.05, 4.69) is 15.9 Å². The van der Waals surface area contributed by atoms with Crippen LogP contribution in [0.4, 0.5) is 0 Å².